The van der Waals surface area contributed by atoms with Gasteiger partial charge in [-0.25, -0.2) is 13.2 Å². The highest BCUT2D eigenvalue weighted by Gasteiger charge is 2.53. The van der Waals surface area contributed by atoms with Crippen molar-refractivity contribution < 1.29 is 40.6 Å². The highest BCUT2D eigenvalue weighted by Crippen LogP contribution is 2.48. The van der Waals surface area contributed by atoms with Crippen LogP contribution >= 0.6 is 0 Å². The average Bonchev–Trinajstić information content (AvgIpc) is 2.81. The maximum Gasteiger partial charge on any atom is 0.511 e. The van der Waals surface area contributed by atoms with E-state index in [0.717, 1.165) is 0 Å². The molecule has 0 saturated heterocycles. The number of alkyl halides is 3. The van der Waals surface area contributed by atoms with Gasteiger partial charge in [-0.05, 0) is 37.5 Å². The van der Waals surface area contributed by atoms with Gasteiger partial charge in [0.25, 0.3) is 0 Å². The van der Waals surface area contributed by atoms with Crippen LogP contribution in [0.2, 0.25) is 0 Å². The minimum Gasteiger partial charge on any atom is -0.493 e. The highest BCUT2D eigenvalue weighted by atomic mass is 32.2. The fourth-order valence-electron chi connectivity index (χ4n) is 4.16. The normalized spacial score (nSPS) is 18.2. The second kappa shape index (κ2) is 10.3. The van der Waals surface area contributed by atoms with Crippen molar-refractivity contribution in [3.8, 4) is 11.5 Å². The predicted molar refractivity (Wildman–Crippen MR) is 123 cm³/mol. The first-order chi connectivity index (χ1) is 16.5. The van der Waals surface area contributed by atoms with Crippen LogP contribution in [0, 0.1) is 0 Å². The quantitative estimate of drug-likeness (QED) is 0.523. The third-order valence-corrected chi connectivity index (χ3v) is 7.34. The zero-order chi connectivity index (χ0) is 26.0. The number of halogens is 3. The maximum atomic E-state index is 13.8. The van der Waals surface area contributed by atoms with E-state index in [-0.39, 0.29) is 35.8 Å². The van der Waals surface area contributed by atoms with E-state index in [1.807, 2.05) is 0 Å². The molecular weight excluding hydrogens is 489 g/mol. The minimum absolute atomic E-state index is 0.0800. The summed E-state index contributed by atoms with van der Waals surface area (Å²) in [6.07, 6.45) is -0.816. The van der Waals surface area contributed by atoms with E-state index in [0.29, 0.717) is 9.87 Å². The lowest BCUT2D eigenvalue weighted by atomic mass is 9.91. The molecule has 2 unspecified atom stereocenters. The van der Waals surface area contributed by atoms with Gasteiger partial charge in [0.05, 0.1) is 32.6 Å². The van der Waals surface area contributed by atoms with Gasteiger partial charge in [-0.2, -0.15) is 17.5 Å². The Morgan fingerprint density at radius 2 is 1.71 bits per heavy atom. The minimum atomic E-state index is -5.76. The summed E-state index contributed by atoms with van der Waals surface area (Å²) in [5.41, 5.74) is -4.80. The first kappa shape index (κ1) is 26.6. The number of ether oxygens (including phenoxy) is 3. The third kappa shape index (κ3) is 5.18. The Hall–Kier alpha value is -2.99. The van der Waals surface area contributed by atoms with E-state index in [4.69, 9.17) is 14.2 Å². The van der Waals surface area contributed by atoms with Gasteiger partial charge in [-0.15, -0.1) is 0 Å². The number of carbonyl (C=O) groups excluding carboxylic acids is 1. The molecule has 0 bridgehead atoms. The van der Waals surface area contributed by atoms with Crippen molar-refractivity contribution in [2.24, 2.45) is 0 Å². The molecule has 1 aliphatic rings. The second-order valence-electron chi connectivity index (χ2n) is 7.92. The lowest BCUT2D eigenvalue weighted by Crippen LogP contribution is -2.49. The Balaban J connectivity index is 2.25. The van der Waals surface area contributed by atoms with Gasteiger partial charge in [0.1, 0.15) is 0 Å². The van der Waals surface area contributed by atoms with E-state index in [9.17, 15) is 26.4 Å². The highest BCUT2D eigenvalue weighted by molar-refractivity contribution is 7.89. The number of methoxy groups -OCH3 is 2. The molecule has 3 rings (SSSR count). The van der Waals surface area contributed by atoms with Crippen LogP contribution in [-0.2, 0) is 21.3 Å². The number of nitrogens with zero attached hydrogens (tertiary/aromatic N) is 2. The monoisotopic (exact) mass is 516 g/mol. The number of hydrogen-bond donors (Lipinski definition) is 0. The molecule has 0 N–H and O–H groups in total. The van der Waals surface area contributed by atoms with Crippen LogP contribution in [-0.4, -0.2) is 51.2 Å². The molecule has 0 aromatic heterocycles. The molecule has 1 amide bonds. The number of carbonyl (C=O) groups is 1. The fraction of sp³-hybridized carbons (Fsp3) is 0.435. The summed E-state index contributed by atoms with van der Waals surface area (Å²) in [6.45, 7) is 2.80. The Bertz CT molecular complexity index is 1160. The van der Waals surface area contributed by atoms with Crippen molar-refractivity contribution in [3.05, 3.63) is 53.6 Å². The van der Waals surface area contributed by atoms with E-state index in [2.05, 4.69) is 0 Å². The van der Waals surface area contributed by atoms with Crippen molar-refractivity contribution in [2.45, 2.75) is 44.4 Å². The van der Waals surface area contributed by atoms with E-state index >= 15 is 0 Å². The number of benzene rings is 2. The Morgan fingerprint density at radius 1 is 1.11 bits per heavy atom. The Kier molecular flexibility index (Phi) is 7.85. The third-order valence-electron chi connectivity index (χ3n) is 5.75. The summed E-state index contributed by atoms with van der Waals surface area (Å²) in [7, 11) is -3.04. The van der Waals surface area contributed by atoms with E-state index in [1.54, 1.807) is 44.2 Å². The molecule has 8 nitrogen and oxygen atoms in total. The molecule has 0 saturated carbocycles. The molecular formula is C23H27F3N2O6S. The van der Waals surface area contributed by atoms with Crippen molar-refractivity contribution in [2.75, 3.05) is 25.7 Å². The molecule has 192 valence electrons. The zero-order valence-electron chi connectivity index (χ0n) is 19.7. The molecule has 0 radical (unpaired) electrons. The molecule has 12 heteroatoms. The molecule has 2 aromatic rings. The summed E-state index contributed by atoms with van der Waals surface area (Å²) < 4.78 is 83.3. The van der Waals surface area contributed by atoms with Gasteiger partial charge in [-0.1, -0.05) is 30.3 Å². The Labute approximate surface area is 202 Å². The van der Waals surface area contributed by atoms with Crippen molar-refractivity contribution in [1.29, 1.82) is 0 Å². The molecule has 0 aliphatic carbocycles. The van der Waals surface area contributed by atoms with Crippen LogP contribution in [0.4, 0.5) is 23.7 Å². The predicted octanol–water partition coefficient (Wildman–Crippen LogP) is 4.85. The number of rotatable bonds is 7. The average molecular weight is 517 g/mol. The Morgan fingerprint density at radius 3 is 2.26 bits per heavy atom. The topological polar surface area (TPSA) is 85.4 Å². The smallest absolute Gasteiger partial charge is 0.493 e. The summed E-state index contributed by atoms with van der Waals surface area (Å²) in [5, 5.41) is 0. The number of sulfonamides is 1. The van der Waals surface area contributed by atoms with Crippen molar-refractivity contribution >= 4 is 21.8 Å². The molecule has 2 atom stereocenters. The fourth-order valence-corrected chi connectivity index (χ4v) is 5.28. The maximum absolute atomic E-state index is 13.8. The second-order valence-corrected chi connectivity index (χ2v) is 9.80. The van der Waals surface area contributed by atoms with Crippen LogP contribution in [0.1, 0.15) is 37.4 Å². The van der Waals surface area contributed by atoms with Gasteiger partial charge >= 0.3 is 21.6 Å². The van der Waals surface area contributed by atoms with Crippen LogP contribution < -0.4 is 14.4 Å². The van der Waals surface area contributed by atoms with Gasteiger partial charge < -0.3 is 14.2 Å². The molecule has 2 aromatic carbocycles. The largest absolute Gasteiger partial charge is 0.511 e. The summed E-state index contributed by atoms with van der Waals surface area (Å²) in [5.74, 6) is 0.403. The summed E-state index contributed by atoms with van der Waals surface area (Å²) in [6, 6.07) is 8.90. The zero-order valence-corrected chi connectivity index (χ0v) is 20.5. The van der Waals surface area contributed by atoms with Crippen molar-refractivity contribution in [3.63, 3.8) is 0 Å². The van der Waals surface area contributed by atoms with Gasteiger partial charge in [0.15, 0.2) is 11.5 Å². The lowest BCUT2D eigenvalue weighted by molar-refractivity contribution is -0.0507. The number of amides is 1. The van der Waals surface area contributed by atoms with Crippen LogP contribution in [0.25, 0.3) is 0 Å². The lowest BCUT2D eigenvalue weighted by Gasteiger charge is -2.42. The standard InChI is InChI=1S/C23H27F3N2O6S/c1-5-34-22(29)28-15(2)11-18(17-12-20(32-3)21(33-4)13-19(17)28)27(35(30,31)23(24,25)26)14-16-9-7-6-8-10-16/h6-10,12-13,15,18H,5,11,14H2,1-4H3. The van der Waals surface area contributed by atoms with Crippen LogP contribution in [0.3, 0.4) is 0 Å². The summed E-state index contributed by atoms with van der Waals surface area (Å²) >= 11 is 0. The molecule has 1 aliphatic heterocycles. The van der Waals surface area contributed by atoms with Crippen LogP contribution in [0.15, 0.2) is 42.5 Å². The molecule has 0 fully saturated rings. The number of hydrogen-bond acceptors (Lipinski definition) is 6. The SMILES string of the molecule is CCOC(=O)N1c2cc(OC)c(OC)cc2C(N(Cc2ccccc2)S(=O)(=O)C(F)(F)F)CC1C. The van der Waals surface area contributed by atoms with E-state index in [1.165, 1.54) is 31.3 Å². The first-order valence-corrected chi connectivity index (χ1v) is 12.2. The number of fused-ring (bicyclic) bond motifs is 1. The van der Waals surface area contributed by atoms with E-state index < -0.39 is 40.3 Å². The van der Waals surface area contributed by atoms with Gasteiger partial charge in [0, 0.05) is 18.7 Å². The van der Waals surface area contributed by atoms with Gasteiger partial charge in [0.2, 0.25) is 0 Å². The van der Waals surface area contributed by atoms with Crippen LogP contribution in [0.5, 0.6) is 11.5 Å². The first-order valence-electron chi connectivity index (χ1n) is 10.8. The van der Waals surface area contributed by atoms with Crippen molar-refractivity contribution in [1.82, 2.24) is 4.31 Å². The number of anilines is 1. The molecule has 1 heterocycles. The molecule has 35 heavy (non-hydrogen) atoms. The molecule has 0 spiro atoms. The van der Waals surface area contributed by atoms with Gasteiger partial charge in [-0.3, -0.25) is 4.90 Å². The summed E-state index contributed by atoms with van der Waals surface area (Å²) in [4.78, 5) is 14.1.